The number of ether oxygens (including phenoxy) is 3. The summed E-state index contributed by atoms with van der Waals surface area (Å²) >= 11 is 6.02. The summed E-state index contributed by atoms with van der Waals surface area (Å²) < 4.78 is 17.5. The number of hydrogen-bond donors (Lipinski definition) is 0. The molecule has 0 bridgehead atoms. The number of aldehydes is 1. The number of hydrogen-bond acceptors (Lipinski definition) is 5. The van der Waals surface area contributed by atoms with Crippen LogP contribution in [0.3, 0.4) is 0 Å². The largest absolute Gasteiger partial charge is 0.493 e. The second kappa shape index (κ2) is 9.71. The molecule has 1 aromatic heterocycles. The van der Waals surface area contributed by atoms with E-state index in [4.69, 9.17) is 25.8 Å². The minimum Gasteiger partial charge on any atom is -0.493 e. The summed E-state index contributed by atoms with van der Waals surface area (Å²) in [5, 5.41) is 0.570. The predicted octanol–water partition coefficient (Wildman–Crippen LogP) is 4.98. The van der Waals surface area contributed by atoms with Gasteiger partial charge in [-0.25, -0.2) is 4.79 Å². The average molecular weight is 442 g/mol. The fraction of sp³-hybridized carbons (Fsp3) is 0.250. The lowest BCUT2D eigenvalue weighted by Crippen LogP contribution is -2.09. The van der Waals surface area contributed by atoms with E-state index in [-0.39, 0.29) is 0 Å². The Morgan fingerprint density at radius 1 is 1.03 bits per heavy atom. The third kappa shape index (κ3) is 4.44. The first-order valence-corrected chi connectivity index (χ1v) is 10.1. The van der Waals surface area contributed by atoms with Gasteiger partial charge >= 0.3 is 5.97 Å². The molecule has 0 aliphatic carbocycles. The van der Waals surface area contributed by atoms with Crippen molar-refractivity contribution in [1.82, 2.24) is 4.57 Å². The van der Waals surface area contributed by atoms with Gasteiger partial charge in [0.1, 0.15) is 0 Å². The zero-order valence-electron chi connectivity index (χ0n) is 17.9. The number of carbonyl (C=O) groups is 2. The van der Waals surface area contributed by atoms with E-state index in [1.54, 1.807) is 38.5 Å². The SMILES string of the molecule is COC(=O)c1c(-c2ccc(Cl)cc2)c(C=O)n(CCc2ccc(OC)c(OC)c2)c1C. The number of aromatic nitrogens is 1. The molecule has 0 N–H and O–H groups in total. The van der Waals surface area contributed by atoms with E-state index < -0.39 is 5.97 Å². The summed E-state index contributed by atoms with van der Waals surface area (Å²) in [6.07, 6.45) is 1.40. The summed E-state index contributed by atoms with van der Waals surface area (Å²) in [6.45, 7) is 2.31. The van der Waals surface area contributed by atoms with Gasteiger partial charge in [-0.15, -0.1) is 0 Å². The second-order valence-electron chi connectivity index (χ2n) is 6.93. The summed E-state index contributed by atoms with van der Waals surface area (Å²) in [5.41, 5.74) is 3.73. The Bertz CT molecular complexity index is 1100. The van der Waals surface area contributed by atoms with Crippen LogP contribution in [0, 0.1) is 6.92 Å². The topological polar surface area (TPSA) is 66.8 Å². The summed E-state index contributed by atoms with van der Waals surface area (Å²) in [6, 6.07) is 12.7. The average Bonchev–Trinajstić information content (AvgIpc) is 3.08. The van der Waals surface area contributed by atoms with Crippen LogP contribution in [0.2, 0.25) is 5.02 Å². The quantitative estimate of drug-likeness (QED) is 0.364. The van der Waals surface area contributed by atoms with Gasteiger partial charge in [-0.1, -0.05) is 29.8 Å². The van der Waals surface area contributed by atoms with Gasteiger partial charge in [0, 0.05) is 22.8 Å². The maximum absolute atomic E-state index is 12.6. The number of rotatable bonds is 8. The van der Waals surface area contributed by atoms with Crippen LogP contribution in [0.1, 0.15) is 32.1 Å². The maximum Gasteiger partial charge on any atom is 0.340 e. The standard InChI is InChI=1S/C24H24ClNO5/c1-15-22(24(28)31-4)23(17-6-8-18(25)9-7-17)19(14-27)26(15)12-11-16-5-10-20(29-2)21(13-16)30-3/h5-10,13-14H,11-12H2,1-4H3. The van der Waals surface area contributed by atoms with Gasteiger partial charge in [0.25, 0.3) is 0 Å². The molecule has 0 amide bonds. The monoisotopic (exact) mass is 441 g/mol. The van der Waals surface area contributed by atoms with Crippen molar-refractivity contribution in [1.29, 1.82) is 0 Å². The summed E-state index contributed by atoms with van der Waals surface area (Å²) in [7, 11) is 4.50. The Labute approximate surface area is 186 Å². The lowest BCUT2D eigenvalue weighted by Gasteiger charge is -2.12. The van der Waals surface area contributed by atoms with Gasteiger partial charge in [-0.2, -0.15) is 0 Å². The van der Waals surface area contributed by atoms with E-state index in [1.807, 2.05) is 29.7 Å². The van der Waals surface area contributed by atoms with Gasteiger partial charge in [-0.3, -0.25) is 4.79 Å². The van der Waals surface area contributed by atoms with Crippen molar-refractivity contribution in [3.8, 4) is 22.6 Å². The molecule has 1 heterocycles. The number of esters is 1. The predicted molar refractivity (Wildman–Crippen MR) is 120 cm³/mol. The molecular formula is C24H24ClNO5. The van der Waals surface area contributed by atoms with Crippen LogP contribution in [0.4, 0.5) is 0 Å². The van der Waals surface area contributed by atoms with Crippen molar-refractivity contribution < 1.29 is 23.8 Å². The molecule has 0 aliphatic rings. The lowest BCUT2D eigenvalue weighted by atomic mass is 10.0. The van der Waals surface area contributed by atoms with E-state index >= 15 is 0 Å². The molecule has 0 aliphatic heterocycles. The second-order valence-corrected chi connectivity index (χ2v) is 7.36. The Morgan fingerprint density at radius 2 is 1.71 bits per heavy atom. The third-order valence-corrected chi connectivity index (χ3v) is 5.52. The van der Waals surface area contributed by atoms with E-state index in [0.29, 0.717) is 52.0 Å². The van der Waals surface area contributed by atoms with Crippen molar-refractivity contribution in [2.45, 2.75) is 19.9 Å². The van der Waals surface area contributed by atoms with E-state index in [1.165, 1.54) is 7.11 Å². The molecule has 0 atom stereocenters. The molecule has 3 rings (SSSR count). The molecule has 0 radical (unpaired) electrons. The molecule has 0 spiro atoms. The van der Waals surface area contributed by atoms with Gasteiger partial charge in [0.2, 0.25) is 0 Å². The first kappa shape index (κ1) is 22.4. The van der Waals surface area contributed by atoms with Crippen LogP contribution in [0.15, 0.2) is 42.5 Å². The number of halogens is 1. The minimum atomic E-state index is -0.490. The number of nitrogens with zero attached hydrogens (tertiary/aromatic N) is 1. The van der Waals surface area contributed by atoms with Crippen molar-refractivity contribution in [2.75, 3.05) is 21.3 Å². The smallest absolute Gasteiger partial charge is 0.340 e. The number of methoxy groups -OCH3 is 3. The van der Waals surface area contributed by atoms with Crippen molar-refractivity contribution in [3.05, 3.63) is 70.0 Å². The molecular weight excluding hydrogens is 418 g/mol. The minimum absolute atomic E-state index is 0.374. The van der Waals surface area contributed by atoms with Crippen molar-refractivity contribution in [3.63, 3.8) is 0 Å². The zero-order valence-corrected chi connectivity index (χ0v) is 18.7. The van der Waals surface area contributed by atoms with Crippen molar-refractivity contribution >= 4 is 23.9 Å². The van der Waals surface area contributed by atoms with Crippen LogP contribution in [0.5, 0.6) is 11.5 Å². The molecule has 0 saturated carbocycles. The fourth-order valence-electron chi connectivity index (χ4n) is 3.71. The molecule has 0 saturated heterocycles. The van der Waals surface area contributed by atoms with Crippen molar-refractivity contribution in [2.24, 2.45) is 0 Å². The molecule has 0 unspecified atom stereocenters. The van der Waals surface area contributed by atoms with E-state index in [2.05, 4.69) is 0 Å². The van der Waals surface area contributed by atoms with Crippen LogP contribution < -0.4 is 9.47 Å². The van der Waals surface area contributed by atoms with Crippen LogP contribution in [-0.2, 0) is 17.7 Å². The van der Waals surface area contributed by atoms with Crippen LogP contribution >= 0.6 is 11.6 Å². The Hall–Kier alpha value is -3.25. The van der Waals surface area contributed by atoms with Crippen LogP contribution in [0.25, 0.3) is 11.1 Å². The highest BCUT2D eigenvalue weighted by molar-refractivity contribution is 6.30. The normalized spacial score (nSPS) is 10.6. The maximum atomic E-state index is 12.6. The molecule has 0 fully saturated rings. The number of carbonyl (C=O) groups excluding carboxylic acids is 2. The molecule has 2 aromatic carbocycles. The molecule has 7 heteroatoms. The highest BCUT2D eigenvalue weighted by Gasteiger charge is 2.26. The number of benzene rings is 2. The highest BCUT2D eigenvalue weighted by Crippen LogP contribution is 2.34. The molecule has 31 heavy (non-hydrogen) atoms. The Balaban J connectivity index is 2.05. The zero-order chi connectivity index (χ0) is 22.5. The Kier molecular flexibility index (Phi) is 7.02. The molecule has 6 nitrogen and oxygen atoms in total. The van der Waals surface area contributed by atoms with E-state index in [0.717, 1.165) is 17.4 Å². The molecule has 3 aromatic rings. The summed E-state index contributed by atoms with van der Waals surface area (Å²) in [5.74, 6) is 0.794. The van der Waals surface area contributed by atoms with Gasteiger partial charge in [0.15, 0.2) is 17.8 Å². The first-order valence-electron chi connectivity index (χ1n) is 9.68. The van der Waals surface area contributed by atoms with E-state index in [9.17, 15) is 9.59 Å². The van der Waals surface area contributed by atoms with Gasteiger partial charge in [-0.05, 0) is 48.7 Å². The van der Waals surface area contributed by atoms with Gasteiger partial charge < -0.3 is 18.8 Å². The number of aryl methyl sites for hydroxylation is 1. The lowest BCUT2D eigenvalue weighted by molar-refractivity contribution is 0.0600. The Morgan fingerprint density at radius 3 is 2.29 bits per heavy atom. The van der Waals surface area contributed by atoms with Gasteiger partial charge in [0.05, 0.1) is 32.6 Å². The summed E-state index contributed by atoms with van der Waals surface area (Å²) in [4.78, 5) is 24.7. The molecule has 162 valence electrons. The first-order chi connectivity index (χ1) is 14.9. The van der Waals surface area contributed by atoms with Crippen LogP contribution in [-0.4, -0.2) is 38.2 Å². The third-order valence-electron chi connectivity index (χ3n) is 5.27. The highest BCUT2D eigenvalue weighted by atomic mass is 35.5. The fourth-order valence-corrected chi connectivity index (χ4v) is 3.83.